The fraction of sp³-hybridized carbons (Fsp3) is 0.296. The predicted molar refractivity (Wildman–Crippen MR) is 131 cm³/mol. The van der Waals surface area contributed by atoms with Crippen LogP contribution in [-0.4, -0.2) is 22.2 Å². The van der Waals surface area contributed by atoms with E-state index in [9.17, 15) is 13.6 Å². The normalized spacial score (nSPS) is 13.1. The SMILES string of the molecule is CC.Cn1c2c(c3ccc(-n4ccc(OCc5ccc(F)cc5F)cc4=O)cc31)CCNCC2. The van der Waals surface area contributed by atoms with Gasteiger partial charge in [-0.25, -0.2) is 8.78 Å². The van der Waals surface area contributed by atoms with Crippen molar-refractivity contribution in [2.24, 2.45) is 7.05 Å². The Morgan fingerprint density at radius 2 is 1.79 bits per heavy atom. The maximum absolute atomic E-state index is 13.8. The first-order valence-corrected chi connectivity index (χ1v) is 11.6. The molecule has 0 radical (unpaired) electrons. The summed E-state index contributed by atoms with van der Waals surface area (Å²) in [6.45, 7) is 5.84. The van der Waals surface area contributed by atoms with Gasteiger partial charge in [-0.15, -0.1) is 0 Å². The molecule has 0 bridgehead atoms. The third kappa shape index (κ3) is 4.61. The number of ether oxygens (including phenoxy) is 1. The van der Waals surface area contributed by atoms with Crippen molar-refractivity contribution in [3.05, 3.63) is 93.5 Å². The Labute approximate surface area is 197 Å². The van der Waals surface area contributed by atoms with Crippen LogP contribution in [0.25, 0.3) is 16.6 Å². The van der Waals surface area contributed by atoms with Crippen molar-refractivity contribution >= 4 is 10.9 Å². The first kappa shape index (κ1) is 23.7. The zero-order valence-electron chi connectivity index (χ0n) is 19.7. The summed E-state index contributed by atoms with van der Waals surface area (Å²) >= 11 is 0. The molecular formula is C27H29F2N3O2. The number of aryl methyl sites for hydroxylation is 1. The molecule has 1 aliphatic heterocycles. The van der Waals surface area contributed by atoms with Gasteiger partial charge in [-0.1, -0.05) is 19.9 Å². The molecule has 34 heavy (non-hydrogen) atoms. The van der Waals surface area contributed by atoms with Crippen LogP contribution in [-0.2, 0) is 26.5 Å². The minimum Gasteiger partial charge on any atom is -0.489 e. The highest BCUT2D eigenvalue weighted by Crippen LogP contribution is 2.29. The van der Waals surface area contributed by atoms with E-state index in [1.165, 1.54) is 34.8 Å². The molecule has 0 atom stereocenters. The van der Waals surface area contributed by atoms with Crippen molar-refractivity contribution in [3.8, 4) is 11.4 Å². The van der Waals surface area contributed by atoms with Crippen molar-refractivity contribution in [1.82, 2.24) is 14.5 Å². The number of fused-ring (bicyclic) bond motifs is 3. The van der Waals surface area contributed by atoms with Crippen LogP contribution in [0.4, 0.5) is 8.78 Å². The smallest absolute Gasteiger partial charge is 0.258 e. The molecular weight excluding hydrogens is 436 g/mol. The molecule has 2 aromatic heterocycles. The van der Waals surface area contributed by atoms with E-state index in [4.69, 9.17) is 4.74 Å². The van der Waals surface area contributed by atoms with Crippen LogP contribution in [0.3, 0.4) is 0 Å². The van der Waals surface area contributed by atoms with Crippen LogP contribution >= 0.6 is 0 Å². The summed E-state index contributed by atoms with van der Waals surface area (Å²) in [6.07, 6.45) is 3.63. The maximum atomic E-state index is 13.8. The van der Waals surface area contributed by atoms with Crippen LogP contribution in [0, 0.1) is 11.6 Å². The molecule has 5 nitrogen and oxygen atoms in total. The van der Waals surface area contributed by atoms with E-state index in [2.05, 4.69) is 23.0 Å². The molecule has 0 amide bonds. The molecule has 0 spiro atoms. The van der Waals surface area contributed by atoms with Gasteiger partial charge in [0.1, 0.15) is 24.0 Å². The standard InChI is InChI=1S/C25H23F2N3O2.C2H6/c1-29-23-7-10-28-9-6-21(23)20-5-4-18(13-24(20)29)30-11-8-19(14-25(30)31)32-15-16-2-3-17(26)12-22(16)27;1-2/h2-5,8,11-14,28H,6-7,9-10,15H2,1H3;1-2H3. The van der Waals surface area contributed by atoms with Crippen LogP contribution in [0.5, 0.6) is 5.75 Å². The summed E-state index contributed by atoms with van der Waals surface area (Å²) in [5, 5.41) is 4.67. The van der Waals surface area contributed by atoms with Crippen LogP contribution in [0.2, 0.25) is 0 Å². The Kier molecular flexibility index (Phi) is 7.12. The summed E-state index contributed by atoms with van der Waals surface area (Å²) in [4.78, 5) is 12.8. The number of halogens is 2. The molecule has 1 N–H and O–H groups in total. The van der Waals surface area contributed by atoms with Gasteiger partial charge in [-0.3, -0.25) is 9.36 Å². The highest BCUT2D eigenvalue weighted by atomic mass is 19.1. The van der Waals surface area contributed by atoms with Crippen molar-refractivity contribution in [2.45, 2.75) is 33.3 Å². The van der Waals surface area contributed by atoms with Crippen LogP contribution < -0.4 is 15.6 Å². The van der Waals surface area contributed by atoms with E-state index < -0.39 is 11.6 Å². The maximum Gasteiger partial charge on any atom is 0.258 e. The Balaban J connectivity index is 0.00000133. The van der Waals surface area contributed by atoms with Crippen molar-refractivity contribution < 1.29 is 13.5 Å². The highest BCUT2D eigenvalue weighted by molar-refractivity contribution is 5.87. The van der Waals surface area contributed by atoms with Gasteiger partial charge in [-0.05, 0) is 48.9 Å². The fourth-order valence-electron chi connectivity index (χ4n) is 4.41. The molecule has 0 fully saturated rings. The number of nitrogens with one attached hydrogen (secondary N) is 1. The molecule has 5 rings (SSSR count). The average Bonchev–Trinajstić information content (AvgIpc) is 2.98. The van der Waals surface area contributed by atoms with Crippen molar-refractivity contribution in [3.63, 3.8) is 0 Å². The summed E-state index contributed by atoms with van der Waals surface area (Å²) < 4.78 is 36.2. The van der Waals surface area contributed by atoms with Gasteiger partial charge in [0.2, 0.25) is 0 Å². The molecule has 1 aliphatic rings. The van der Waals surface area contributed by atoms with E-state index in [1.807, 2.05) is 26.0 Å². The first-order chi connectivity index (χ1) is 16.5. The quantitative estimate of drug-likeness (QED) is 0.466. The van der Waals surface area contributed by atoms with E-state index in [1.54, 1.807) is 16.8 Å². The monoisotopic (exact) mass is 465 g/mol. The number of nitrogens with zero attached hydrogens (tertiary/aromatic N) is 2. The lowest BCUT2D eigenvalue weighted by Gasteiger charge is -2.10. The predicted octanol–water partition coefficient (Wildman–Crippen LogP) is 4.90. The summed E-state index contributed by atoms with van der Waals surface area (Å²) in [5.74, 6) is -0.991. The number of benzene rings is 2. The first-order valence-electron chi connectivity index (χ1n) is 11.6. The van der Waals surface area contributed by atoms with Crippen molar-refractivity contribution in [1.29, 1.82) is 0 Å². The average molecular weight is 466 g/mol. The topological polar surface area (TPSA) is 48.2 Å². The van der Waals surface area contributed by atoms with Crippen LogP contribution in [0.15, 0.2) is 59.5 Å². The van der Waals surface area contributed by atoms with Gasteiger partial charge in [0.15, 0.2) is 0 Å². The van der Waals surface area contributed by atoms with Gasteiger partial charge >= 0.3 is 0 Å². The molecule has 178 valence electrons. The summed E-state index contributed by atoms with van der Waals surface area (Å²) in [7, 11) is 2.07. The van der Waals surface area contributed by atoms with Gasteiger partial charge < -0.3 is 14.6 Å². The molecule has 0 saturated carbocycles. The zero-order valence-corrected chi connectivity index (χ0v) is 19.7. The molecule has 0 aliphatic carbocycles. The number of rotatable bonds is 4. The highest BCUT2D eigenvalue weighted by Gasteiger charge is 2.17. The third-order valence-corrected chi connectivity index (χ3v) is 6.09. The van der Waals surface area contributed by atoms with Crippen LogP contribution in [0.1, 0.15) is 30.7 Å². The summed E-state index contributed by atoms with van der Waals surface area (Å²) in [6, 6.07) is 12.4. The van der Waals surface area contributed by atoms with E-state index in [0.29, 0.717) is 5.75 Å². The molecule has 0 unspecified atom stereocenters. The van der Waals surface area contributed by atoms with Gasteiger partial charge in [-0.2, -0.15) is 0 Å². The number of hydrogen-bond donors (Lipinski definition) is 1. The lowest BCUT2D eigenvalue weighted by Crippen LogP contribution is -2.17. The molecule has 2 aromatic carbocycles. The van der Waals surface area contributed by atoms with Gasteiger partial charge in [0.05, 0.1) is 11.2 Å². The Morgan fingerprint density at radius 3 is 2.56 bits per heavy atom. The Bertz CT molecular complexity index is 1370. The van der Waals surface area contributed by atoms with Gasteiger partial charge in [0.25, 0.3) is 5.56 Å². The third-order valence-electron chi connectivity index (χ3n) is 6.09. The van der Waals surface area contributed by atoms with Crippen molar-refractivity contribution in [2.75, 3.05) is 13.1 Å². The minimum atomic E-state index is -0.677. The number of hydrogen-bond acceptors (Lipinski definition) is 3. The molecule has 0 saturated heterocycles. The molecule has 4 aromatic rings. The Morgan fingerprint density at radius 1 is 1.00 bits per heavy atom. The second-order valence-corrected chi connectivity index (χ2v) is 8.03. The second kappa shape index (κ2) is 10.2. The van der Waals surface area contributed by atoms with E-state index in [0.717, 1.165) is 43.2 Å². The largest absolute Gasteiger partial charge is 0.489 e. The zero-order chi connectivity index (χ0) is 24.2. The lowest BCUT2D eigenvalue weighted by molar-refractivity contribution is 0.298. The summed E-state index contributed by atoms with van der Waals surface area (Å²) in [5.41, 5.74) is 4.57. The Hall–Kier alpha value is -3.45. The number of aromatic nitrogens is 2. The number of pyridine rings is 1. The lowest BCUT2D eigenvalue weighted by atomic mass is 10.1. The van der Waals surface area contributed by atoms with Gasteiger partial charge in [0, 0.05) is 55.0 Å². The fourth-order valence-corrected chi connectivity index (χ4v) is 4.41. The molecule has 7 heteroatoms. The van der Waals surface area contributed by atoms with E-state index >= 15 is 0 Å². The molecule has 3 heterocycles. The van der Waals surface area contributed by atoms with E-state index in [-0.39, 0.29) is 17.7 Å². The minimum absolute atomic E-state index is 0.0920. The second-order valence-electron chi connectivity index (χ2n) is 8.03.